The summed E-state index contributed by atoms with van der Waals surface area (Å²) in [7, 11) is 0. The van der Waals surface area contributed by atoms with E-state index in [4.69, 9.17) is 19.7 Å². The number of anilines is 1. The lowest BCUT2D eigenvalue weighted by Crippen LogP contribution is -2.28. The molecule has 0 saturated carbocycles. The van der Waals surface area contributed by atoms with Crippen LogP contribution < -0.4 is 10.5 Å². The van der Waals surface area contributed by atoms with Gasteiger partial charge in [-0.15, -0.1) is 0 Å². The van der Waals surface area contributed by atoms with E-state index in [1.165, 1.54) is 0 Å². The molecule has 2 N–H and O–H groups in total. The van der Waals surface area contributed by atoms with Crippen LogP contribution in [0.3, 0.4) is 0 Å². The summed E-state index contributed by atoms with van der Waals surface area (Å²) in [6.45, 7) is 1.45. The third kappa shape index (κ3) is 2.56. The Morgan fingerprint density at radius 1 is 1.26 bits per heavy atom. The molecule has 100 valence electrons. The van der Waals surface area contributed by atoms with Gasteiger partial charge in [-0.25, -0.2) is 0 Å². The summed E-state index contributed by atoms with van der Waals surface area (Å²) in [6, 6.07) is 7.75. The molecule has 1 fully saturated rings. The number of para-hydroxylation sites is 1. The molecule has 0 aliphatic carbocycles. The van der Waals surface area contributed by atoms with Gasteiger partial charge < -0.3 is 19.7 Å². The molecule has 1 unspecified atom stereocenters. The summed E-state index contributed by atoms with van der Waals surface area (Å²) in [5.74, 6) is 1.09. The lowest BCUT2D eigenvalue weighted by molar-refractivity contribution is 0.00768. The van der Waals surface area contributed by atoms with Gasteiger partial charge in [0.25, 0.3) is 0 Å². The molecule has 1 saturated heterocycles. The van der Waals surface area contributed by atoms with E-state index < -0.39 is 0 Å². The third-order valence-electron chi connectivity index (χ3n) is 3.19. The molecule has 5 heteroatoms. The van der Waals surface area contributed by atoms with Crippen LogP contribution in [-0.2, 0) is 4.74 Å². The third-order valence-corrected chi connectivity index (χ3v) is 3.19. The van der Waals surface area contributed by atoms with Crippen LogP contribution in [0.4, 0.5) is 5.88 Å². The Labute approximate surface area is 111 Å². The first-order valence-electron chi connectivity index (χ1n) is 6.38. The highest BCUT2D eigenvalue weighted by atomic mass is 16.5. The second kappa shape index (κ2) is 5.32. The Hall–Kier alpha value is -2.01. The number of rotatable bonds is 3. The van der Waals surface area contributed by atoms with Crippen LogP contribution in [0.2, 0.25) is 0 Å². The lowest BCUT2D eigenvalue weighted by atomic mass is 10.1. The Balaban J connectivity index is 1.87. The minimum Gasteiger partial charge on any atom is -0.487 e. The summed E-state index contributed by atoms with van der Waals surface area (Å²) in [5, 5.41) is 3.71. The van der Waals surface area contributed by atoms with Crippen molar-refractivity contribution >= 4 is 5.88 Å². The number of nitrogens with two attached hydrogens (primary N) is 1. The fourth-order valence-electron chi connectivity index (χ4n) is 2.23. The van der Waals surface area contributed by atoms with E-state index in [-0.39, 0.29) is 6.10 Å². The Kier molecular flexibility index (Phi) is 3.37. The number of nitrogens with zero attached hydrogens (tertiary/aromatic N) is 1. The van der Waals surface area contributed by atoms with Gasteiger partial charge in [-0.1, -0.05) is 23.4 Å². The summed E-state index contributed by atoms with van der Waals surface area (Å²) in [4.78, 5) is 0. The summed E-state index contributed by atoms with van der Waals surface area (Å²) in [5.41, 5.74) is 7.42. The van der Waals surface area contributed by atoms with E-state index in [9.17, 15) is 0 Å². The lowest BCUT2D eigenvalue weighted by Gasteiger charge is -2.24. The van der Waals surface area contributed by atoms with Gasteiger partial charge in [0, 0.05) is 12.2 Å². The maximum atomic E-state index is 6.02. The molecule has 5 nitrogen and oxygen atoms in total. The van der Waals surface area contributed by atoms with E-state index in [2.05, 4.69) is 5.16 Å². The van der Waals surface area contributed by atoms with Crippen LogP contribution in [0, 0.1) is 0 Å². The van der Waals surface area contributed by atoms with Crippen LogP contribution >= 0.6 is 0 Å². The van der Waals surface area contributed by atoms with Crippen LogP contribution in [0.25, 0.3) is 11.1 Å². The normalized spacial score (nSPS) is 19.3. The molecule has 0 amide bonds. The van der Waals surface area contributed by atoms with Crippen LogP contribution in [-0.4, -0.2) is 24.5 Å². The van der Waals surface area contributed by atoms with Crippen LogP contribution in [0.15, 0.2) is 35.0 Å². The molecular weight excluding hydrogens is 244 g/mol. The first kappa shape index (κ1) is 12.0. The largest absolute Gasteiger partial charge is 0.487 e. The fraction of sp³-hybridized carbons (Fsp3) is 0.357. The van der Waals surface area contributed by atoms with Gasteiger partial charge in [-0.3, -0.25) is 0 Å². The monoisotopic (exact) mass is 260 g/mol. The smallest absolute Gasteiger partial charge is 0.230 e. The Morgan fingerprint density at radius 3 is 2.89 bits per heavy atom. The first-order valence-corrected chi connectivity index (χ1v) is 6.38. The van der Waals surface area contributed by atoms with Crippen molar-refractivity contribution in [3.63, 3.8) is 0 Å². The summed E-state index contributed by atoms with van der Waals surface area (Å²) >= 11 is 0. The molecule has 1 aliphatic rings. The maximum absolute atomic E-state index is 6.02. The van der Waals surface area contributed by atoms with Gasteiger partial charge in [0.2, 0.25) is 5.88 Å². The summed E-state index contributed by atoms with van der Waals surface area (Å²) in [6.07, 6.45) is 3.74. The minimum absolute atomic E-state index is 0.0935. The molecular formula is C14H16N2O3. The predicted octanol–water partition coefficient (Wildman–Crippen LogP) is 2.48. The number of nitrogen functional groups attached to an aromatic ring is 1. The minimum atomic E-state index is 0.0935. The van der Waals surface area contributed by atoms with E-state index in [0.717, 1.165) is 36.3 Å². The topological polar surface area (TPSA) is 70.5 Å². The van der Waals surface area contributed by atoms with Crippen molar-refractivity contribution < 1.29 is 14.0 Å². The number of ether oxygens (including phenoxy) is 2. The summed E-state index contributed by atoms with van der Waals surface area (Å²) < 4.78 is 16.4. The zero-order chi connectivity index (χ0) is 13.1. The number of benzene rings is 1. The van der Waals surface area contributed by atoms with E-state index in [1.54, 1.807) is 6.20 Å². The Bertz CT molecular complexity index is 547. The van der Waals surface area contributed by atoms with Crippen LogP contribution in [0.5, 0.6) is 5.75 Å². The highest BCUT2D eigenvalue weighted by molar-refractivity contribution is 5.76. The van der Waals surface area contributed by atoms with Crippen molar-refractivity contribution in [2.24, 2.45) is 0 Å². The second-order valence-electron chi connectivity index (χ2n) is 4.56. The van der Waals surface area contributed by atoms with Gasteiger partial charge in [0.05, 0.1) is 18.4 Å². The SMILES string of the molecule is Nc1oncc1-c1ccccc1OC1CCCOC1. The van der Waals surface area contributed by atoms with E-state index in [0.29, 0.717) is 12.5 Å². The van der Waals surface area contributed by atoms with Gasteiger partial charge in [-0.05, 0) is 18.9 Å². The van der Waals surface area contributed by atoms with Crippen molar-refractivity contribution in [2.45, 2.75) is 18.9 Å². The number of aromatic nitrogens is 1. The molecule has 1 aromatic carbocycles. The van der Waals surface area contributed by atoms with Gasteiger partial charge in [0.15, 0.2) is 0 Å². The van der Waals surface area contributed by atoms with Gasteiger partial charge in [0.1, 0.15) is 11.9 Å². The number of hydrogen-bond donors (Lipinski definition) is 1. The van der Waals surface area contributed by atoms with Gasteiger partial charge >= 0.3 is 0 Å². The molecule has 2 heterocycles. The quantitative estimate of drug-likeness (QED) is 0.918. The number of hydrogen-bond acceptors (Lipinski definition) is 5. The zero-order valence-corrected chi connectivity index (χ0v) is 10.5. The molecule has 2 aromatic rings. The van der Waals surface area contributed by atoms with Crippen molar-refractivity contribution in [3.8, 4) is 16.9 Å². The highest BCUT2D eigenvalue weighted by Gasteiger charge is 2.18. The average molecular weight is 260 g/mol. The molecule has 1 aromatic heterocycles. The van der Waals surface area contributed by atoms with Crippen LogP contribution in [0.1, 0.15) is 12.8 Å². The highest BCUT2D eigenvalue weighted by Crippen LogP contribution is 2.34. The van der Waals surface area contributed by atoms with Crippen molar-refractivity contribution in [1.82, 2.24) is 5.16 Å². The fourth-order valence-corrected chi connectivity index (χ4v) is 2.23. The second-order valence-corrected chi connectivity index (χ2v) is 4.56. The molecule has 1 atom stereocenters. The molecule has 0 spiro atoms. The molecule has 0 bridgehead atoms. The maximum Gasteiger partial charge on any atom is 0.230 e. The standard InChI is InChI=1S/C14H16N2O3/c15-14-12(8-16-19-14)11-5-1-2-6-13(11)18-10-4-3-7-17-9-10/h1-2,5-6,8,10H,3-4,7,9,15H2. The van der Waals surface area contributed by atoms with E-state index >= 15 is 0 Å². The average Bonchev–Trinajstić information content (AvgIpc) is 2.87. The first-order chi connectivity index (χ1) is 9.34. The van der Waals surface area contributed by atoms with Gasteiger partial charge in [-0.2, -0.15) is 0 Å². The molecule has 19 heavy (non-hydrogen) atoms. The van der Waals surface area contributed by atoms with Crippen molar-refractivity contribution in [2.75, 3.05) is 18.9 Å². The van der Waals surface area contributed by atoms with E-state index in [1.807, 2.05) is 24.3 Å². The molecule has 1 aliphatic heterocycles. The predicted molar refractivity (Wildman–Crippen MR) is 70.8 cm³/mol. The molecule has 0 radical (unpaired) electrons. The van der Waals surface area contributed by atoms with Crippen molar-refractivity contribution in [3.05, 3.63) is 30.5 Å². The van der Waals surface area contributed by atoms with Crippen molar-refractivity contribution in [1.29, 1.82) is 0 Å². The Morgan fingerprint density at radius 2 is 2.16 bits per heavy atom. The zero-order valence-electron chi connectivity index (χ0n) is 10.5. The molecule has 3 rings (SSSR count).